The van der Waals surface area contributed by atoms with Crippen molar-refractivity contribution in [1.82, 2.24) is 0 Å². The van der Waals surface area contributed by atoms with Gasteiger partial charge in [-0.3, -0.25) is 19.2 Å². The number of rotatable bonds is 1. The van der Waals surface area contributed by atoms with Crippen LogP contribution in [-0.4, -0.2) is 29.3 Å². The summed E-state index contributed by atoms with van der Waals surface area (Å²) >= 11 is 0. The van der Waals surface area contributed by atoms with Crippen molar-refractivity contribution in [1.29, 1.82) is 0 Å². The number of carbonyl (C=O) groups is 4. The molecule has 1 aliphatic heterocycles. The number of fused-ring (bicyclic) bond motifs is 2. The summed E-state index contributed by atoms with van der Waals surface area (Å²) in [5.41, 5.74) is -2.34. The Morgan fingerprint density at radius 1 is 1.25 bits per heavy atom. The van der Waals surface area contributed by atoms with E-state index in [0.717, 1.165) is 0 Å². The lowest BCUT2D eigenvalue weighted by Crippen LogP contribution is -2.67. The van der Waals surface area contributed by atoms with Crippen LogP contribution in [0.3, 0.4) is 0 Å². The average molecular weight is 280 g/mol. The molecule has 6 nitrogen and oxygen atoms in total. The molecule has 0 aromatic heterocycles. The molecule has 0 amide bonds. The van der Waals surface area contributed by atoms with Gasteiger partial charge in [-0.15, -0.1) is 0 Å². The first-order valence-electron chi connectivity index (χ1n) is 6.72. The maximum atomic E-state index is 12.8. The molecule has 2 bridgehead atoms. The molecule has 0 unspecified atom stereocenters. The molecule has 0 N–H and O–H groups in total. The number of cyclic esters (lactones) is 2. The van der Waals surface area contributed by atoms with Crippen molar-refractivity contribution in [3.8, 4) is 0 Å². The van der Waals surface area contributed by atoms with Gasteiger partial charge in [0.25, 0.3) is 0 Å². The highest BCUT2D eigenvalue weighted by Crippen LogP contribution is 2.61. The molecule has 1 heterocycles. The van der Waals surface area contributed by atoms with Gasteiger partial charge in [-0.05, 0) is 19.8 Å². The molecule has 3 saturated carbocycles. The van der Waals surface area contributed by atoms with Crippen molar-refractivity contribution >= 4 is 23.7 Å². The quantitative estimate of drug-likeness (QED) is 0.517. The van der Waals surface area contributed by atoms with E-state index < -0.39 is 46.7 Å². The third-order valence-electron chi connectivity index (χ3n) is 5.21. The standard InChI is InChI=1S/C14H16O6/c1-6(15)20-14(3)7-4-5-13(2,12(14)18)9-8(7)10(16)19-11(9)17/h7-9H,4-5H2,1-3H3/t7-,8+,9-,13+,14+/m1/s1. The van der Waals surface area contributed by atoms with Crippen molar-refractivity contribution < 1.29 is 28.7 Å². The Balaban J connectivity index is 2.13. The molecule has 4 fully saturated rings. The van der Waals surface area contributed by atoms with Gasteiger partial charge in [-0.1, -0.05) is 6.92 Å². The lowest BCUT2D eigenvalue weighted by atomic mass is 9.46. The first-order chi connectivity index (χ1) is 9.21. The van der Waals surface area contributed by atoms with E-state index in [1.807, 2.05) is 0 Å². The molecule has 0 aromatic carbocycles. The fraction of sp³-hybridized carbons (Fsp3) is 0.714. The Morgan fingerprint density at radius 3 is 2.50 bits per heavy atom. The van der Waals surface area contributed by atoms with Crippen LogP contribution in [0.4, 0.5) is 0 Å². The van der Waals surface area contributed by atoms with Crippen LogP contribution in [0.15, 0.2) is 0 Å². The van der Waals surface area contributed by atoms with E-state index in [-0.39, 0.29) is 5.78 Å². The average Bonchev–Trinajstić information content (AvgIpc) is 2.63. The summed E-state index contributed by atoms with van der Waals surface area (Å²) in [5, 5.41) is 0. The fourth-order valence-electron chi connectivity index (χ4n) is 4.39. The summed E-state index contributed by atoms with van der Waals surface area (Å²) in [5.74, 6) is -3.94. The van der Waals surface area contributed by atoms with E-state index in [1.54, 1.807) is 13.8 Å². The molecule has 0 spiro atoms. The van der Waals surface area contributed by atoms with Crippen LogP contribution in [0.2, 0.25) is 0 Å². The maximum Gasteiger partial charge on any atom is 0.318 e. The van der Waals surface area contributed by atoms with E-state index >= 15 is 0 Å². The highest BCUT2D eigenvalue weighted by Gasteiger charge is 2.73. The summed E-state index contributed by atoms with van der Waals surface area (Å²) in [7, 11) is 0. The SMILES string of the molecule is CC(=O)O[C@]1(C)C(=O)[C@@]2(C)CC[C@@H]1[C@@H]1C(=O)OC(=O)[C@@H]12. The zero-order valence-corrected chi connectivity index (χ0v) is 11.6. The van der Waals surface area contributed by atoms with Crippen LogP contribution >= 0.6 is 0 Å². The molecule has 108 valence electrons. The number of esters is 3. The van der Waals surface area contributed by atoms with Crippen LogP contribution in [0.1, 0.15) is 33.6 Å². The van der Waals surface area contributed by atoms with Gasteiger partial charge in [-0.25, -0.2) is 0 Å². The highest BCUT2D eigenvalue weighted by atomic mass is 16.6. The number of ether oxygens (including phenoxy) is 2. The normalized spacial score (nSPS) is 46.1. The third-order valence-corrected chi connectivity index (χ3v) is 5.21. The monoisotopic (exact) mass is 280 g/mol. The van der Waals surface area contributed by atoms with Gasteiger partial charge in [0.1, 0.15) is 0 Å². The van der Waals surface area contributed by atoms with Crippen LogP contribution in [0.5, 0.6) is 0 Å². The molecule has 0 aromatic rings. The molecular weight excluding hydrogens is 264 g/mol. The molecule has 4 rings (SSSR count). The fourth-order valence-corrected chi connectivity index (χ4v) is 4.39. The van der Waals surface area contributed by atoms with E-state index in [2.05, 4.69) is 0 Å². The van der Waals surface area contributed by atoms with Gasteiger partial charge in [-0.2, -0.15) is 0 Å². The predicted molar refractivity (Wildman–Crippen MR) is 64.1 cm³/mol. The van der Waals surface area contributed by atoms with Gasteiger partial charge in [0, 0.05) is 18.3 Å². The molecule has 3 aliphatic carbocycles. The Bertz CT molecular complexity index is 552. The van der Waals surface area contributed by atoms with E-state index in [9.17, 15) is 19.2 Å². The second-order valence-electron chi connectivity index (χ2n) is 6.34. The van der Waals surface area contributed by atoms with Crippen LogP contribution in [0, 0.1) is 23.2 Å². The minimum absolute atomic E-state index is 0.274. The summed E-state index contributed by atoms with van der Waals surface area (Å²) < 4.78 is 10.0. The summed E-state index contributed by atoms with van der Waals surface area (Å²) in [6.07, 6.45) is 1.08. The van der Waals surface area contributed by atoms with E-state index in [0.29, 0.717) is 12.8 Å². The third kappa shape index (κ3) is 1.34. The van der Waals surface area contributed by atoms with Gasteiger partial charge in [0.05, 0.1) is 11.8 Å². The van der Waals surface area contributed by atoms with Crippen molar-refractivity contribution in [3.05, 3.63) is 0 Å². The van der Waals surface area contributed by atoms with Crippen molar-refractivity contribution in [2.24, 2.45) is 23.2 Å². The molecule has 0 radical (unpaired) electrons. The second-order valence-corrected chi connectivity index (χ2v) is 6.34. The Morgan fingerprint density at radius 2 is 1.90 bits per heavy atom. The first-order valence-corrected chi connectivity index (χ1v) is 6.72. The van der Waals surface area contributed by atoms with Crippen LogP contribution < -0.4 is 0 Å². The number of carbonyl (C=O) groups excluding carboxylic acids is 4. The predicted octanol–water partition coefficient (Wildman–Crippen LogP) is 0.623. The Kier molecular flexibility index (Phi) is 2.44. The zero-order chi connectivity index (χ0) is 14.9. The van der Waals surface area contributed by atoms with Crippen molar-refractivity contribution in [2.75, 3.05) is 0 Å². The van der Waals surface area contributed by atoms with Crippen molar-refractivity contribution in [3.63, 3.8) is 0 Å². The molecule has 20 heavy (non-hydrogen) atoms. The van der Waals surface area contributed by atoms with Crippen LogP contribution in [0.25, 0.3) is 0 Å². The lowest BCUT2D eigenvalue weighted by molar-refractivity contribution is -0.202. The van der Waals surface area contributed by atoms with Gasteiger partial charge >= 0.3 is 17.9 Å². The molecule has 5 atom stereocenters. The van der Waals surface area contributed by atoms with Crippen molar-refractivity contribution in [2.45, 2.75) is 39.2 Å². The number of ketones is 1. The molecule has 6 heteroatoms. The first kappa shape index (κ1) is 13.3. The summed E-state index contributed by atoms with van der Waals surface area (Å²) in [4.78, 5) is 47.9. The highest BCUT2D eigenvalue weighted by molar-refractivity contribution is 6.06. The number of Topliss-reactive ketones (excluding diaryl/α,β-unsaturated/α-hetero) is 1. The molecule has 1 saturated heterocycles. The van der Waals surface area contributed by atoms with E-state index in [1.165, 1.54) is 6.92 Å². The largest absolute Gasteiger partial charge is 0.451 e. The minimum atomic E-state index is -1.34. The Hall–Kier alpha value is -1.72. The van der Waals surface area contributed by atoms with Gasteiger partial charge in [0.15, 0.2) is 11.4 Å². The lowest BCUT2D eigenvalue weighted by Gasteiger charge is -2.55. The smallest absolute Gasteiger partial charge is 0.318 e. The Labute approximate surface area is 115 Å². The second kappa shape index (κ2) is 3.68. The topological polar surface area (TPSA) is 86.7 Å². The van der Waals surface area contributed by atoms with Gasteiger partial charge in [0.2, 0.25) is 0 Å². The molecular formula is C14H16O6. The number of hydrogen-bond donors (Lipinski definition) is 0. The van der Waals surface area contributed by atoms with E-state index in [4.69, 9.17) is 9.47 Å². The zero-order valence-electron chi connectivity index (χ0n) is 11.6. The minimum Gasteiger partial charge on any atom is -0.451 e. The van der Waals surface area contributed by atoms with Crippen LogP contribution in [-0.2, 0) is 28.7 Å². The van der Waals surface area contributed by atoms with Gasteiger partial charge < -0.3 is 9.47 Å². The summed E-state index contributed by atoms with van der Waals surface area (Å²) in [6, 6.07) is 0. The summed E-state index contributed by atoms with van der Waals surface area (Å²) in [6.45, 7) is 4.45. The maximum absolute atomic E-state index is 12.8. The number of hydrogen-bond acceptors (Lipinski definition) is 6. The molecule has 4 aliphatic rings.